The van der Waals surface area contributed by atoms with Gasteiger partial charge in [0.2, 0.25) is 0 Å². The molecule has 2 N–H and O–H groups in total. The highest BCUT2D eigenvalue weighted by Crippen LogP contribution is 2.52. The largest absolute Gasteiger partial charge is 0.507 e. The molecule has 0 fully saturated rings. The Kier molecular flexibility index (Phi) is 5.69. The van der Waals surface area contributed by atoms with Gasteiger partial charge in [0.05, 0.1) is 0 Å². The van der Waals surface area contributed by atoms with Gasteiger partial charge in [-0.2, -0.15) is 0 Å². The summed E-state index contributed by atoms with van der Waals surface area (Å²) in [6, 6.07) is 32.7. The average molecular weight is 495 g/mol. The van der Waals surface area contributed by atoms with E-state index in [1.165, 1.54) is 0 Å². The predicted octanol–water partition coefficient (Wildman–Crippen LogP) is 9.64. The van der Waals surface area contributed by atoms with E-state index >= 15 is 0 Å². The van der Waals surface area contributed by atoms with Crippen LogP contribution in [0.1, 0.15) is 22.3 Å². The number of fused-ring (bicyclic) bond motifs is 2. The third kappa shape index (κ3) is 3.64. The first-order chi connectivity index (χ1) is 18.4. The lowest BCUT2D eigenvalue weighted by atomic mass is 9.84. The van der Waals surface area contributed by atoms with Crippen LogP contribution in [-0.2, 0) is 0 Å². The van der Waals surface area contributed by atoms with Crippen molar-refractivity contribution in [3.05, 3.63) is 119 Å². The number of hydrogen-bond acceptors (Lipinski definition) is 2. The molecular formula is C36H30O2. The van der Waals surface area contributed by atoms with Crippen LogP contribution in [0, 0.1) is 27.7 Å². The minimum Gasteiger partial charge on any atom is -0.507 e. The van der Waals surface area contributed by atoms with E-state index in [-0.39, 0.29) is 11.5 Å². The molecule has 2 nitrogen and oxygen atoms in total. The zero-order valence-corrected chi connectivity index (χ0v) is 22.1. The highest BCUT2D eigenvalue weighted by Gasteiger charge is 2.24. The Morgan fingerprint density at radius 3 is 1.11 bits per heavy atom. The molecule has 0 heterocycles. The number of benzene rings is 6. The lowest BCUT2D eigenvalue weighted by Gasteiger charge is -2.21. The average Bonchev–Trinajstić information content (AvgIpc) is 2.90. The van der Waals surface area contributed by atoms with Crippen LogP contribution in [0.15, 0.2) is 97.1 Å². The van der Waals surface area contributed by atoms with E-state index in [0.717, 1.165) is 66.1 Å². The fourth-order valence-corrected chi connectivity index (χ4v) is 6.04. The molecule has 186 valence electrons. The van der Waals surface area contributed by atoms with Gasteiger partial charge < -0.3 is 10.2 Å². The van der Waals surface area contributed by atoms with Gasteiger partial charge >= 0.3 is 0 Å². The van der Waals surface area contributed by atoms with E-state index in [2.05, 4.69) is 76.2 Å². The molecule has 6 rings (SSSR count). The van der Waals surface area contributed by atoms with Crippen LogP contribution < -0.4 is 0 Å². The van der Waals surface area contributed by atoms with Crippen LogP contribution in [-0.4, -0.2) is 10.2 Å². The molecule has 0 atom stereocenters. The first-order valence-corrected chi connectivity index (χ1v) is 13.0. The molecule has 0 aliphatic carbocycles. The Morgan fingerprint density at radius 1 is 0.395 bits per heavy atom. The molecule has 0 unspecified atom stereocenters. The van der Waals surface area contributed by atoms with Crippen LogP contribution in [0.3, 0.4) is 0 Å². The summed E-state index contributed by atoms with van der Waals surface area (Å²) in [7, 11) is 0. The van der Waals surface area contributed by atoms with E-state index in [0.29, 0.717) is 11.1 Å². The maximum absolute atomic E-state index is 12.1. The van der Waals surface area contributed by atoms with Crippen molar-refractivity contribution in [2.24, 2.45) is 0 Å². The van der Waals surface area contributed by atoms with E-state index < -0.39 is 0 Å². The molecule has 0 bridgehead atoms. The maximum Gasteiger partial charge on any atom is 0.132 e. The van der Waals surface area contributed by atoms with Crippen molar-refractivity contribution in [1.82, 2.24) is 0 Å². The molecule has 0 saturated heterocycles. The molecule has 6 aromatic rings. The highest BCUT2D eigenvalue weighted by molar-refractivity contribution is 6.14. The highest BCUT2D eigenvalue weighted by atomic mass is 16.3. The molecule has 0 radical (unpaired) electrons. The second kappa shape index (κ2) is 9.08. The Labute approximate surface area is 223 Å². The van der Waals surface area contributed by atoms with Gasteiger partial charge in [0.15, 0.2) is 0 Å². The third-order valence-corrected chi connectivity index (χ3v) is 7.79. The standard InChI is InChI=1S/C36H30O2/c1-21-11-9-12-22(2)31(21)29-19-25-15-5-7-17-27(25)33(35(29)37)34-28-18-8-6-16-26(28)20-30(36(34)38)32-23(3)13-10-14-24(32)4/h5-20,37-38H,1-4H3. The third-order valence-electron chi connectivity index (χ3n) is 7.79. The van der Waals surface area contributed by atoms with Gasteiger partial charge in [-0.25, -0.2) is 0 Å². The number of rotatable bonds is 3. The summed E-state index contributed by atoms with van der Waals surface area (Å²) in [6.45, 7) is 8.30. The molecule has 0 aliphatic heterocycles. The summed E-state index contributed by atoms with van der Waals surface area (Å²) in [4.78, 5) is 0. The molecule has 0 aliphatic rings. The summed E-state index contributed by atoms with van der Waals surface area (Å²) in [5, 5.41) is 28.0. The Balaban J connectivity index is 1.81. The van der Waals surface area contributed by atoms with E-state index in [1.54, 1.807) is 0 Å². The van der Waals surface area contributed by atoms with Crippen LogP contribution >= 0.6 is 0 Å². The van der Waals surface area contributed by atoms with Crippen LogP contribution in [0.4, 0.5) is 0 Å². The van der Waals surface area contributed by atoms with Crippen molar-refractivity contribution < 1.29 is 10.2 Å². The van der Waals surface area contributed by atoms with Gasteiger partial charge in [-0.3, -0.25) is 0 Å². The SMILES string of the molecule is Cc1cccc(C)c1-c1cc2ccccc2c(-c2c(O)c(-c3c(C)cccc3C)cc3ccccc23)c1O. The molecule has 2 heteroatoms. The molecule has 0 amide bonds. The lowest BCUT2D eigenvalue weighted by Crippen LogP contribution is -1.95. The molecule has 38 heavy (non-hydrogen) atoms. The smallest absolute Gasteiger partial charge is 0.132 e. The topological polar surface area (TPSA) is 40.5 Å². The molecule has 0 spiro atoms. The van der Waals surface area contributed by atoms with Crippen molar-refractivity contribution in [3.8, 4) is 44.9 Å². The second-order valence-electron chi connectivity index (χ2n) is 10.3. The number of phenolic OH excluding ortho intramolecular Hbond substituents is 2. The van der Waals surface area contributed by atoms with Crippen LogP contribution in [0.5, 0.6) is 11.5 Å². The Hall–Kier alpha value is -4.56. The first kappa shape index (κ1) is 23.8. The van der Waals surface area contributed by atoms with Crippen molar-refractivity contribution >= 4 is 21.5 Å². The summed E-state index contributed by atoms with van der Waals surface area (Å²) in [5.41, 5.74) is 9.29. The summed E-state index contributed by atoms with van der Waals surface area (Å²) >= 11 is 0. The summed E-state index contributed by atoms with van der Waals surface area (Å²) < 4.78 is 0. The fraction of sp³-hybridized carbons (Fsp3) is 0.111. The maximum atomic E-state index is 12.1. The van der Waals surface area contributed by atoms with Crippen LogP contribution in [0.25, 0.3) is 54.9 Å². The molecular weight excluding hydrogens is 464 g/mol. The summed E-state index contributed by atoms with van der Waals surface area (Å²) in [5.74, 6) is 0.361. The summed E-state index contributed by atoms with van der Waals surface area (Å²) in [6.07, 6.45) is 0. The van der Waals surface area contributed by atoms with E-state index in [9.17, 15) is 10.2 Å². The van der Waals surface area contributed by atoms with Crippen molar-refractivity contribution in [1.29, 1.82) is 0 Å². The second-order valence-corrected chi connectivity index (χ2v) is 10.3. The molecule has 6 aromatic carbocycles. The normalized spacial score (nSPS) is 11.4. The number of aromatic hydroxyl groups is 2. The van der Waals surface area contributed by atoms with E-state index in [4.69, 9.17) is 0 Å². The van der Waals surface area contributed by atoms with Crippen molar-refractivity contribution in [3.63, 3.8) is 0 Å². The van der Waals surface area contributed by atoms with E-state index in [1.807, 2.05) is 48.5 Å². The first-order valence-electron chi connectivity index (χ1n) is 13.0. The van der Waals surface area contributed by atoms with Crippen molar-refractivity contribution in [2.45, 2.75) is 27.7 Å². The van der Waals surface area contributed by atoms with Gasteiger partial charge in [0, 0.05) is 22.3 Å². The van der Waals surface area contributed by atoms with Gasteiger partial charge in [-0.15, -0.1) is 0 Å². The Morgan fingerprint density at radius 2 is 0.737 bits per heavy atom. The molecule has 0 saturated carbocycles. The number of aryl methyl sites for hydroxylation is 4. The minimum absolute atomic E-state index is 0.181. The lowest BCUT2D eigenvalue weighted by molar-refractivity contribution is 0.472. The number of phenols is 2. The van der Waals surface area contributed by atoms with Gasteiger partial charge in [-0.1, -0.05) is 84.9 Å². The van der Waals surface area contributed by atoms with Crippen LogP contribution in [0.2, 0.25) is 0 Å². The zero-order chi connectivity index (χ0) is 26.6. The quantitative estimate of drug-likeness (QED) is 0.257. The molecule has 0 aromatic heterocycles. The minimum atomic E-state index is 0.181. The predicted molar refractivity (Wildman–Crippen MR) is 160 cm³/mol. The van der Waals surface area contributed by atoms with Gasteiger partial charge in [0.25, 0.3) is 0 Å². The monoisotopic (exact) mass is 494 g/mol. The number of hydrogen-bond donors (Lipinski definition) is 2. The van der Waals surface area contributed by atoms with Gasteiger partial charge in [0.1, 0.15) is 11.5 Å². The fourth-order valence-electron chi connectivity index (χ4n) is 6.04. The van der Waals surface area contributed by atoms with Crippen molar-refractivity contribution in [2.75, 3.05) is 0 Å². The zero-order valence-electron chi connectivity index (χ0n) is 22.1. The van der Waals surface area contributed by atoms with Gasteiger partial charge in [-0.05, 0) is 94.8 Å². The Bertz CT molecular complexity index is 1700.